The first kappa shape index (κ1) is 18.0. The second-order valence-electron chi connectivity index (χ2n) is 6.21. The molecule has 0 aromatic heterocycles. The van der Waals surface area contributed by atoms with Gasteiger partial charge in [-0.1, -0.05) is 0 Å². The lowest BCUT2D eigenvalue weighted by molar-refractivity contribution is -0.158. The van der Waals surface area contributed by atoms with Crippen molar-refractivity contribution >= 4 is 23.5 Å². The van der Waals surface area contributed by atoms with E-state index in [0.717, 1.165) is 0 Å². The normalized spacial score (nSPS) is 19.8. The monoisotopic (exact) mass is 362 g/mol. The van der Waals surface area contributed by atoms with Gasteiger partial charge in [-0.3, -0.25) is 14.4 Å². The van der Waals surface area contributed by atoms with E-state index in [2.05, 4.69) is 5.32 Å². The van der Waals surface area contributed by atoms with E-state index in [4.69, 9.17) is 14.2 Å². The molecule has 2 atom stereocenters. The SMILES string of the molecule is CCNC(=O)[C@H](C)OC(=O)[C@@H]1CC(=O)N(c2ccc3c(c2)OCCO3)C1. The predicted molar refractivity (Wildman–Crippen MR) is 92.1 cm³/mol. The van der Waals surface area contributed by atoms with Gasteiger partial charge in [0.25, 0.3) is 5.91 Å². The number of benzene rings is 1. The molecule has 8 nitrogen and oxygen atoms in total. The molecule has 0 aliphatic carbocycles. The van der Waals surface area contributed by atoms with Gasteiger partial charge in [0.1, 0.15) is 13.2 Å². The molecule has 0 radical (unpaired) electrons. The highest BCUT2D eigenvalue weighted by atomic mass is 16.6. The molecular weight excluding hydrogens is 340 g/mol. The highest BCUT2D eigenvalue weighted by Gasteiger charge is 2.37. The lowest BCUT2D eigenvalue weighted by Gasteiger charge is -2.22. The van der Waals surface area contributed by atoms with Gasteiger partial charge in [-0.05, 0) is 26.0 Å². The van der Waals surface area contributed by atoms with E-state index in [1.807, 2.05) is 0 Å². The van der Waals surface area contributed by atoms with Crippen LogP contribution in [0, 0.1) is 5.92 Å². The minimum Gasteiger partial charge on any atom is -0.486 e. The first-order valence-electron chi connectivity index (χ1n) is 8.67. The fraction of sp³-hybridized carbons (Fsp3) is 0.500. The van der Waals surface area contributed by atoms with Crippen molar-refractivity contribution in [3.63, 3.8) is 0 Å². The molecule has 8 heteroatoms. The minimum atomic E-state index is -0.888. The number of carbonyl (C=O) groups is 3. The average Bonchev–Trinajstić information content (AvgIpc) is 3.03. The van der Waals surface area contributed by atoms with E-state index >= 15 is 0 Å². The second kappa shape index (κ2) is 7.63. The summed E-state index contributed by atoms with van der Waals surface area (Å²) in [7, 11) is 0. The maximum atomic E-state index is 12.3. The van der Waals surface area contributed by atoms with Crippen LogP contribution in [0.5, 0.6) is 11.5 Å². The van der Waals surface area contributed by atoms with Crippen LogP contribution in [-0.2, 0) is 19.1 Å². The molecule has 0 spiro atoms. The van der Waals surface area contributed by atoms with E-state index in [-0.39, 0.29) is 24.8 Å². The fourth-order valence-electron chi connectivity index (χ4n) is 2.96. The summed E-state index contributed by atoms with van der Waals surface area (Å²) >= 11 is 0. The maximum Gasteiger partial charge on any atom is 0.312 e. The Labute approximate surface area is 151 Å². The van der Waals surface area contributed by atoms with Crippen molar-refractivity contribution in [2.75, 3.05) is 31.2 Å². The smallest absolute Gasteiger partial charge is 0.312 e. The Morgan fingerprint density at radius 1 is 1.31 bits per heavy atom. The van der Waals surface area contributed by atoms with Crippen LogP contribution < -0.4 is 19.7 Å². The molecule has 0 unspecified atom stereocenters. The summed E-state index contributed by atoms with van der Waals surface area (Å²) in [6, 6.07) is 5.24. The first-order chi connectivity index (χ1) is 12.5. The zero-order valence-electron chi connectivity index (χ0n) is 14.8. The Kier molecular flexibility index (Phi) is 5.29. The van der Waals surface area contributed by atoms with Crippen LogP contribution in [0.3, 0.4) is 0 Å². The number of anilines is 1. The van der Waals surface area contributed by atoms with Gasteiger partial charge in [0.2, 0.25) is 5.91 Å². The summed E-state index contributed by atoms with van der Waals surface area (Å²) in [5, 5.41) is 2.59. The molecule has 140 valence electrons. The molecule has 3 rings (SSSR count). The number of fused-ring (bicyclic) bond motifs is 1. The van der Waals surface area contributed by atoms with Crippen molar-refractivity contribution in [3.05, 3.63) is 18.2 Å². The van der Waals surface area contributed by atoms with Crippen molar-refractivity contribution in [2.45, 2.75) is 26.4 Å². The molecule has 2 amide bonds. The Morgan fingerprint density at radius 2 is 2.04 bits per heavy atom. The number of carbonyl (C=O) groups excluding carboxylic acids is 3. The van der Waals surface area contributed by atoms with Crippen molar-refractivity contribution in [1.29, 1.82) is 0 Å². The second-order valence-corrected chi connectivity index (χ2v) is 6.21. The van der Waals surface area contributed by atoms with Crippen molar-refractivity contribution in [3.8, 4) is 11.5 Å². The van der Waals surface area contributed by atoms with E-state index in [0.29, 0.717) is 36.9 Å². The van der Waals surface area contributed by atoms with Crippen LogP contribution in [0.1, 0.15) is 20.3 Å². The van der Waals surface area contributed by atoms with Crippen molar-refractivity contribution < 1.29 is 28.6 Å². The molecule has 1 fully saturated rings. The Hall–Kier alpha value is -2.77. The summed E-state index contributed by atoms with van der Waals surface area (Å²) in [5.74, 6) is -0.455. The van der Waals surface area contributed by atoms with Gasteiger partial charge < -0.3 is 24.4 Å². The lowest BCUT2D eigenvalue weighted by Crippen LogP contribution is -2.37. The number of nitrogens with one attached hydrogen (secondary N) is 1. The summed E-state index contributed by atoms with van der Waals surface area (Å²) in [5.41, 5.74) is 0.645. The topological polar surface area (TPSA) is 94.2 Å². The third-order valence-corrected chi connectivity index (χ3v) is 4.31. The predicted octanol–water partition coefficient (Wildman–Crippen LogP) is 0.878. The summed E-state index contributed by atoms with van der Waals surface area (Å²) in [6.45, 7) is 4.91. The molecule has 1 aromatic carbocycles. The van der Waals surface area contributed by atoms with Crippen LogP contribution in [0.2, 0.25) is 0 Å². The van der Waals surface area contributed by atoms with Gasteiger partial charge in [0, 0.05) is 31.3 Å². The van der Waals surface area contributed by atoms with E-state index < -0.39 is 18.0 Å². The lowest BCUT2D eigenvalue weighted by atomic mass is 10.1. The molecule has 26 heavy (non-hydrogen) atoms. The molecule has 2 aliphatic rings. The minimum absolute atomic E-state index is 0.0510. The number of nitrogens with zero attached hydrogens (tertiary/aromatic N) is 1. The fourth-order valence-corrected chi connectivity index (χ4v) is 2.96. The summed E-state index contributed by atoms with van der Waals surface area (Å²) in [6.07, 6.45) is -0.837. The first-order valence-corrected chi connectivity index (χ1v) is 8.67. The molecule has 1 aromatic rings. The molecule has 1 N–H and O–H groups in total. The van der Waals surface area contributed by atoms with Gasteiger partial charge in [0.05, 0.1) is 5.92 Å². The number of amides is 2. The van der Waals surface area contributed by atoms with E-state index in [9.17, 15) is 14.4 Å². The van der Waals surface area contributed by atoms with Crippen molar-refractivity contribution in [2.24, 2.45) is 5.92 Å². The van der Waals surface area contributed by atoms with Crippen LogP contribution in [-0.4, -0.2) is 50.2 Å². The zero-order chi connectivity index (χ0) is 18.7. The Morgan fingerprint density at radius 3 is 2.77 bits per heavy atom. The number of hydrogen-bond donors (Lipinski definition) is 1. The summed E-state index contributed by atoms with van der Waals surface area (Å²) < 4.78 is 16.2. The van der Waals surface area contributed by atoms with E-state index in [1.54, 1.807) is 25.1 Å². The quantitative estimate of drug-likeness (QED) is 0.782. The highest BCUT2D eigenvalue weighted by Crippen LogP contribution is 2.36. The maximum absolute atomic E-state index is 12.3. The zero-order valence-corrected chi connectivity index (χ0v) is 14.8. The van der Waals surface area contributed by atoms with E-state index in [1.165, 1.54) is 11.8 Å². The number of esters is 1. The molecule has 2 heterocycles. The number of likely N-dealkylation sites (N-methyl/N-ethyl adjacent to an activating group) is 1. The van der Waals surface area contributed by atoms with Gasteiger partial charge in [0.15, 0.2) is 17.6 Å². The standard InChI is InChI=1S/C18H22N2O6/c1-3-19-17(22)11(2)26-18(23)12-8-16(21)20(10-12)13-4-5-14-15(9-13)25-7-6-24-14/h4-5,9,11-12H,3,6-8,10H2,1-2H3,(H,19,22)/t11-,12+/m0/s1. The number of ether oxygens (including phenoxy) is 3. The molecule has 1 saturated heterocycles. The average molecular weight is 362 g/mol. The van der Waals surface area contributed by atoms with Crippen LogP contribution in [0.4, 0.5) is 5.69 Å². The van der Waals surface area contributed by atoms with Crippen LogP contribution >= 0.6 is 0 Å². The molecule has 2 aliphatic heterocycles. The number of rotatable bonds is 5. The van der Waals surface area contributed by atoms with Crippen LogP contribution in [0.15, 0.2) is 18.2 Å². The van der Waals surface area contributed by atoms with Gasteiger partial charge in [-0.2, -0.15) is 0 Å². The Bertz CT molecular complexity index is 720. The van der Waals surface area contributed by atoms with Gasteiger partial charge in [-0.15, -0.1) is 0 Å². The third-order valence-electron chi connectivity index (χ3n) is 4.31. The molecule has 0 bridgehead atoms. The molecule has 0 saturated carbocycles. The third kappa shape index (κ3) is 3.74. The summed E-state index contributed by atoms with van der Waals surface area (Å²) in [4.78, 5) is 37.9. The highest BCUT2D eigenvalue weighted by molar-refractivity contribution is 6.00. The van der Waals surface area contributed by atoms with Crippen LogP contribution in [0.25, 0.3) is 0 Å². The number of hydrogen-bond acceptors (Lipinski definition) is 6. The largest absolute Gasteiger partial charge is 0.486 e. The van der Waals surface area contributed by atoms with Gasteiger partial charge in [-0.25, -0.2) is 0 Å². The molecular formula is C18H22N2O6. The van der Waals surface area contributed by atoms with Crippen molar-refractivity contribution in [1.82, 2.24) is 5.32 Å². The Balaban J connectivity index is 1.65. The van der Waals surface area contributed by atoms with Gasteiger partial charge >= 0.3 is 5.97 Å².